The summed E-state index contributed by atoms with van der Waals surface area (Å²) in [5, 5.41) is 19.4. The molecule has 0 spiro atoms. The van der Waals surface area contributed by atoms with Crippen LogP contribution in [0.4, 0.5) is 0 Å². The highest BCUT2D eigenvalue weighted by atomic mass is 31.2. The lowest BCUT2D eigenvalue weighted by Crippen LogP contribution is -2.33. The molecule has 142 valence electrons. The normalized spacial score (nSPS) is 17.3. The fourth-order valence-electron chi connectivity index (χ4n) is 2.73. The predicted molar refractivity (Wildman–Crippen MR) is 95.0 cm³/mol. The van der Waals surface area contributed by atoms with E-state index in [1.54, 1.807) is 6.92 Å². The van der Waals surface area contributed by atoms with Crippen LogP contribution in [0.3, 0.4) is 0 Å². The Morgan fingerprint density at radius 2 is 1.96 bits per heavy atom. The standard InChI is InChI=1S/C17H28NO6P/c1-13(12-19)10-15(20)16(11-17(21)24-18)25(22,23)9-5-8-14-6-3-2-4-7-14/h2-4,6-7,13,15-16,19-20H,5,8-12,18H2,1H3,(H,22,23). The smallest absolute Gasteiger partial charge is 0.325 e. The van der Waals surface area contributed by atoms with Crippen molar-refractivity contribution in [3.05, 3.63) is 35.9 Å². The second-order valence-electron chi connectivity index (χ2n) is 6.42. The maximum Gasteiger partial charge on any atom is 0.325 e. The molecule has 0 fully saturated rings. The van der Waals surface area contributed by atoms with Gasteiger partial charge in [0, 0.05) is 12.8 Å². The van der Waals surface area contributed by atoms with Crippen LogP contribution in [0.2, 0.25) is 0 Å². The SMILES string of the molecule is CC(CO)CC(O)C(CC(=O)ON)P(=O)(O)CCCc1ccccc1. The average Bonchev–Trinajstić information content (AvgIpc) is 2.59. The minimum Gasteiger partial charge on any atom is -0.396 e. The Kier molecular flexibility index (Phi) is 9.32. The fraction of sp³-hybridized carbons (Fsp3) is 0.588. The number of benzene rings is 1. The maximum absolute atomic E-state index is 12.8. The summed E-state index contributed by atoms with van der Waals surface area (Å²) in [6, 6.07) is 9.56. The molecule has 0 amide bonds. The van der Waals surface area contributed by atoms with Crippen LogP contribution in [0.25, 0.3) is 0 Å². The summed E-state index contributed by atoms with van der Waals surface area (Å²) in [6.45, 7) is 1.55. The Bertz CT molecular complexity index is 568. The van der Waals surface area contributed by atoms with Crippen molar-refractivity contribution >= 4 is 13.3 Å². The van der Waals surface area contributed by atoms with E-state index < -0.39 is 31.5 Å². The number of aliphatic hydroxyl groups excluding tert-OH is 2. The van der Waals surface area contributed by atoms with Gasteiger partial charge in [0.15, 0.2) is 0 Å². The summed E-state index contributed by atoms with van der Waals surface area (Å²) in [6.07, 6.45) is -0.461. The van der Waals surface area contributed by atoms with Crippen LogP contribution in [0.15, 0.2) is 30.3 Å². The van der Waals surface area contributed by atoms with E-state index in [1.165, 1.54) is 0 Å². The Morgan fingerprint density at radius 1 is 1.32 bits per heavy atom. The number of hydrogen-bond donors (Lipinski definition) is 4. The lowest BCUT2D eigenvalue weighted by Gasteiger charge is -2.28. The summed E-state index contributed by atoms with van der Waals surface area (Å²) in [5.41, 5.74) is -0.108. The number of aliphatic hydroxyl groups is 2. The van der Waals surface area contributed by atoms with Crippen molar-refractivity contribution in [1.82, 2.24) is 0 Å². The third-order valence-electron chi connectivity index (χ3n) is 4.21. The van der Waals surface area contributed by atoms with E-state index >= 15 is 0 Å². The highest BCUT2D eigenvalue weighted by Gasteiger charge is 2.38. The van der Waals surface area contributed by atoms with Crippen molar-refractivity contribution in [2.45, 2.75) is 44.4 Å². The van der Waals surface area contributed by atoms with Crippen molar-refractivity contribution in [1.29, 1.82) is 0 Å². The van der Waals surface area contributed by atoms with E-state index in [4.69, 9.17) is 11.0 Å². The molecular weight excluding hydrogens is 345 g/mol. The van der Waals surface area contributed by atoms with Crippen LogP contribution >= 0.6 is 7.37 Å². The second-order valence-corrected chi connectivity index (χ2v) is 9.04. The van der Waals surface area contributed by atoms with E-state index in [1.807, 2.05) is 30.3 Å². The molecule has 0 aliphatic carbocycles. The van der Waals surface area contributed by atoms with E-state index in [0.29, 0.717) is 12.8 Å². The summed E-state index contributed by atoms with van der Waals surface area (Å²) in [4.78, 5) is 26.0. The molecule has 5 N–H and O–H groups in total. The number of carbonyl (C=O) groups excluding carboxylic acids is 1. The van der Waals surface area contributed by atoms with Gasteiger partial charge in [-0.05, 0) is 30.7 Å². The molecule has 1 aromatic rings. The third-order valence-corrected chi connectivity index (χ3v) is 6.73. The lowest BCUT2D eigenvalue weighted by molar-refractivity contribution is -0.144. The molecule has 0 aliphatic rings. The quantitative estimate of drug-likeness (QED) is 0.341. The Morgan fingerprint density at radius 3 is 2.52 bits per heavy atom. The first-order valence-electron chi connectivity index (χ1n) is 8.34. The third kappa shape index (κ3) is 7.67. The average molecular weight is 373 g/mol. The number of hydrogen-bond acceptors (Lipinski definition) is 6. The van der Waals surface area contributed by atoms with Gasteiger partial charge in [0.2, 0.25) is 7.37 Å². The van der Waals surface area contributed by atoms with Crippen molar-refractivity contribution in [2.24, 2.45) is 11.8 Å². The highest BCUT2D eigenvalue weighted by Crippen LogP contribution is 2.50. The van der Waals surface area contributed by atoms with Crippen molar-refractivity contribution in [3.8, 4) is 0 Å². The molecular formula is C17H28NO6P. The molecule has 25 heavy (non-hydrogen) atoms. The van der Waals surface area contributed by atoms with Crippen LogP contribution in [0.5, 0.6) is 0 Å². The van der Waals surface area contributed by atoms with Gasteiger partial charge in [-0.3, -0.25) is 9.36 Å². The van der Waals surface area contributed by atoms with Crippen LogP contribution in [0.1, 0.15) is 31.7 Å². The molecule has 4 atom stereocenters. The maximum atomic E-state index is 12.8. The molecule has 0 saturated heterocycles. The fourth-order valence-corrected chi connectivity index (χ4v) is 4.77. The van der Waals surface area contributed by atoms with Gasteiger partial charge in [0.25, 0.3) is 0 Å². The van der Waals surface area contributed by atoms with Gasteiger partial charge in [-0.2, -0.15) is 5.90 Å². The summed E-state index contributed by atoms with van der Waals surface area (Å²) in [5.74, 6) is 3.72. The molecule has 8 heteroatoms. The van der Waals surface area contributed by atoms with E-state index in [9.17, 15) is 19.4 Å². The van der Waals surface area contributed by atoms with Crippen LogP contribution in [-0.4, -0.2) is 45.6 Å². The monoisotopic (exact) mass is 373 g/mol. The van der Waals surface area contributed by atoms with Crippen molar-refractivity contribution < 1.29 is 29.3 Å². The molecule has 0 heterocycles. The first-order chi connectivity index (χ1) is 11.8. The van der Waals surface area contributed by atoms with E-state index in [2.05, 4.69) is 4.84 Å². The Balaban J connectivity index is 2.75. The highest BCUT2D eigenvalue weighted by molar-refractivity contribution is 7.58. The van der Waals surface area contributed by atoms with Gasteiger partial charge in [-0.1, -0.05) is 37.3 Å². The zero-order valence-corrected chi connectivity index (χ0v) is 15.3. The predicted octanol–water partition coefficient (Wildman–Crippen LogP) is 1.44. The second kappa shape index (κ2) is 10.7. The first kappa shape index (κ1) is 21.8. The van der Waals surface area contributed by atoms with E-state index in [0.717, 1.165) is 5.56 Å². The molecule has 4 unspecified atom stereocenters. The summed E-state index contributed by atoms with van der Waals surface area (Å²) < 4.78 is 12.8. The molecule has 0 aliphatic heterocycles. The van der Waals surface area contributed by atoms with Gasteiger partial charge >= 0.3 is 5.97 Å². The number of carbonyl (C=O) groups is 1. The molecule has 0 bridgehead atoms. The summed E-state index contributed by atoms with van der Waals surface area (Å²) in [7, 11) is -3.82. The molecule has 1 rings (SSSR count). The topological polar surface area (TPSA) is 130 Å². The number of nitrogens with two attached hydrogens (primary N) is 1. The zero-order valence-electron chi connectivity index (χ0n) is 14.5. The molecule has 0 radical (unpaired) electrons. The first-order valence-corrected chi connectivity index (χ1v) is 10.3. The van der Waals surface area contributed by atoms with Gasteiger partial charge in [-0.15, -0.1) is 0 Å². The van der Waals surface area contributed by atoms with Gasteiger partial charge in [0.05, 0.1) is 18.2 Å². The Labute approximate surface area is 148 Å². The van der Waals surface area contributed by atoms with Gasteiger partial charge in [0.1, 0.15) is 0 Å². The van der Waals surface area contributed by atoms with Gasteiger partial charge < -0.3 is 19.9 Å². The Hall–Kier alpha value is -1.24. The van der Waals surface area contributed by atoms with Crippen LogP contribution < -0.4 is 5.90 Å². The minimum atomic E-state index is -3.82. The van der Waals surface area contributed by atoms with Crippen molar-refractivity contribution in [2.75, 3.05) is 12.8 Å². The lowest BCUT2D eigenvalue weighted by atomic mass is 10.0. The van der Waals surface area contributed by atoms with Crippen LogP contribution in [0, 0.1) is 5.92 Å². The summed E-state index contributed by atoms with van der Waals surface area (Å²) >= 11 is 0. The largest absolute Gasteiger partial charge is 0.396 e. The number of rotatable bonds is 11. The molecule has 1 aromatic carbocycles. The molecule has 7 nitrogen and oxygen atoms in total. The van der Waals surface area contributed by atoms with Crippen LogP contribution in [-0.2, 0) is 20.6 Å². The molecule has 0 saturated carbocycles. The minimum absolute atomic E-state index is 0.0189. The van der Waals surface area contributed by atoms with Gasteiger partial charge in [-0.25, -0.2) is 0 Å². The van der Waals surface area contributed by atoms with E-state index in [-0.39, 0.29) is 25.1 Å². The van der Waals surface area contributed by atoms with Crippen molar-refractivity contribution in [3.63, 3.8) is 0 Å². The number of aryl methyl sites for hydroxylation is 1. The molecule has 0 aromatic heterocycles. The zero-order chi connectivity index (χ0) is 18.9.